The molecule has 9 heteroatoms. The second-order valence-corrected chi connectivity index (χ2v) is 10.1. The van der Waals surface area contributed by atoms with E-state index in [4.69, 9.17) is 0 Å². The predicted molar refractivity (Wildman–Crippen MR) is 111 cm³/mol. The van der Waals surface area contributed by atoms with E-state index in [9.17, 15) is 13.2 Å². The van der Waals surface area contributed by atoms with Gasteiger partial charge in [-0.05, 0) is 37.4 Å². The Bertz CT molecular complexity index is 804. The van der Waals surface area contributed by atoms with Gasteiger partial charge in [0.05, 0.1) is 17.5 Å². The van der Waals surface area contributed by atoms with Crippen molar-refractivity contribution in [3.63, 3.8) is 0 Å². The number of hydrogen-bond acceptors (Lipinski definition) is 7. The zero-order chi connectivity index (χ0) is 19.4. The molecule has 0 radical (unpaired) electrons. The Kier molecular flexibility index (Phi) is 6.44. The molecule has 1 amide bonds. The molecule has 0 bridgehead atoms. The van der Waals surface area contributed by atoms with E-state index >= 15 is 0 Å². The van der Waals surface area contributed by atoms with Gasteiger partial charge in [-0.15, -0.1) is 0 Å². The monoisotopic (exact) mass is 410 g/mol. The van der Waals surface area contributed by atoms with Crippen molar-refractivity contribution in [1.82, 2.24) is 10.2 Å². The number of amides is 1. The first-order chi connectivity index (χ1) is 12.9. The van der Waals surface area contributed by atoms with Crippen molar-refractivity contribution in [3.05, 3.63) is 29.8 Å². The van der Waals surface area contributed by atoms with Crippen LogP contribution in [0.1, 0.15) is 24.2 Å². The van der Waals surface area contributed by atoms with Gasteiger partial charge in [-0.1, -0.05) is 25.6 Å². The van der Waals surface area contributed by atoms with Crippen LogP contribution in [-0.4, -0.2) is 73.4 Å². The van der Waals surface area contributed by atoms with Gasteiger partial charge in [0.1, 0.15) is 0 Å². The van der Waals surface area contributed by atoms with Crippen molar-refractivity contribution >= 4 is 38.4 Å². The molecule has 0 unspecified atom stereocenters. The van der Waals surface area contributed by atoms with Crippen molar-refractivity contribution in [2.24, 2.45) is 4.99 Å². The summed E-state index contributed by atoms with van der Waals surface area (Å²) in [4.78, 5) is 19.0. The SMILES string of the molecule is CCN(CC)CCNC(=O)c1ccc(NC2=N[C@@H]3CS(=O)(=O)C[C@H]3S2)cc1. The number of amidine groups is 1. The molecule has 0 aromatic heterocycles. The molecule has 1 fully saturated rings. The van der Waals surface area contributed by atoms with Gasteiger partial charge in [-0.25, -0.2) is 8.42 Å². The molecule has 2 atom stereocenters. The fourth-order valence-corrected chi connectivity index (χ4v) is 6.89. The number of sulfone groups is 1. The van der Waals surface area contributed by atoms with Crippen LogP contribution in [0, 0.1) is 0 Å². The molecule has 27 heavy (non-hydrogen) atoms. The lowest BCUT2D eigenvalue weighted by atomic mass is 10.2. The summed E-state index contributed by atoms with van der Waals surface area (Å²) in [6, 6.07) is 7.10. The van der Waals surface area contributed by atoms with E-state index in [0.29, 0.717) is 12.1 Å². The molecule has 2 heterocycles. The number of nitrogens with zero attached hydrogens (tertiary/aromatic N) is 2. The first-order valence-electron chi connectivity index (χ1n) is 9.22. The van der Waals surface area contributed by atoms with Crippen molar-refractivity contribution in [3.8, 4) is 0 Å². The number of likely N-dealkylation sites (N-methyl/N-ethyl adjacent to an activating group) is 1. The van der Waals surface area contributed by atoms with Crippen molar-refractivity contribution in [2.75, 3.05) is 43.0 Å². The minimum absolute atomic E-state index is 0.0216. The summed E-state index contributed by atoms with van der Waals surface area (Å²) in [5.74, 6) is 0.257. The molecule has 0 aliphatic carbocycles. The summed E-state index contributed by atoms with van der Waals surface area (Å²) in [5.41, 5.74) is 1.45. The Labute approximate surface area is 164 Å². The lowest BCUT2D eigenvalue weighted by Gasteiger charge is -2.18. The van der Waals surface area contributed by atoms with E-state index in [0.717, 1.165) is 30.5 Å². The van der Waals surface area contributed by atoms with Gasteiger partial charge >= 0.3 is 0 Å². The second kappa shape index (κ2) is 8.62. The zero-order valence-electron chi connectivity index (χ0n) is 15.6. The summed E-state index contributed by atoms with van der Waals surface area (Å²) >= 11 is 1.48. The normalized spacial score (nSPS) is 23.1. The van der Waals surface area contributed by atoms with Gasteiger partial charge in [0.2, 0.25) is 0 Å². The topological polar surface area (TPSA) is 90.9 Å². The van der Waals surface area contributed by atoms with Gasteiger partial charge in [0.15, 0.2) is 15.0 Å². The van der Waals surface area contributed by atoms with Crippen molar-refractivity contribution in [1.29, 1.82) is 0 Å². The average Bonchev–Trinajstić information content (AvgIpc) is 3.11. The Balaban J connectivity index is 1.50. The number of anilines is 1. The minimum atomic E-state index is -2.94. The highest BCUT2D eigenvalue weighted by atomic mass is 32.2. The van der Waals surface area contributed by atoms with Crippen LogP contribution < -0.4 is 10.6 Å². The maximum absolute atomic E-state index is 12.2. The standard InChI is InChI=1S/C18H26N4O3S2/c1-3-22(4-2)10-9-19-17(23)13-5-7-14(8-6-13)20-18-21-15-11-27(24,25)12-16(15)26-18/h5-8,15-16H,3-4,9-12H2,1-2H3,(H,19,23)(H,20,21)/t15-,16-/m1/s1. The summed E-state index contributed by atoms with van der Waals surface area (Å²) < 4.78 is 23.2. The van der Waals surface area contributed by atoms with Gasteiger partial charge in [-0.2, -0.15) is 0 Å². The molecule has 0 spiro atoms. The van der Waals surface area contributed by atoms with E-state index in [1.807, 2.05) is 12.1 Å². The van der Waals surface area contributed by atoms with Gasteiger partial charge in [-0.3, -0.25) is 9.79 Å². The first kappa shape index (κ1) is 20.2. The number of benzene rings is 1. The minimum Gasteiger partial charge on any atom is -0.351 e. The molecule has 1 aromatic carbocycles. The van der Waals surface area contributed by atoms with Gasteiger partial charge in [0.25, 0.3) is 5.91 Å². The number of rotatable bonds is 7. The van der Waals surface area contributed by atoms with E-state index in [1.165, 1.54) is 11.8 Å². The third kappa shape index (κ3) is 5.24. The Morgan fingerprint density at radius 3 is 2.56 bits per heavy atom. The molecule has 7 nitrogen and oxygen atoms in total. The average molecular weight is 411 g/mol. The third-order valence-electron chi connectivity index (χ3n) is 4.82. The lowest BCUT2D eigenvalue weighted by Crippen LogP contribution is -2.34. The number of hydrogen-bond donors (Lipinski definition) is 2. The van der Waals surface area contributed by atoms with Crippen LogP contribution in [0.4, 0.5) is 5.69 Å². The summed E-state index contributed by atoms with van der Waals surface area (Å²) in [5, 5.41) is 6.92. The number of thioether (sulfide) groups is 1. The summed E-state index contributed by atoms with van der Waals surface area (Å²) in [6.45, 7) is 7.63. The number of fused-ring (bicyclic) bond motifs is 1. The fraction of sp³-hybridized carbons (Fsp3) is 0.556. The summed E-state index contributed by atoms with van der Waals surface area (Å²) in [6.07, 6.45) is 0. The second-order valence-electron chi connectivity index (χ2n) is 6.72. The van der Waals surface area contributed by atoms with Gasteiger partial charge in [0, 0.05) is 29.6 Å². The van der Waals surface area contributed by atoms with Crippen molar-refractivity contribution in [2.45, 2.75) is 25.1 Å². The highest BCUT2D eigenvalue weighted by Gasteiger charge is 2.42. The molecule has 1 aromatic rings. The van der Waals surface area contributed by atoms with E-state index in [-0.39, 0.29) is 28.7 Å². The van der Waals surface area contributed by atoms with Crippen LogP contribution in [0.2, 0.25) is 0 Å². The van der Waals surface area contributed by atoms with Crippen LogP contribution in [0.25, 0.3) is 0 Å². The quantitative estimate of drug-likeness (QED) is 0.707. The fourth-order valence-electron chi connectivity index (χ4n) is 3.21. The van der Waals surface area contributed by atoms with Crippen LogP contribution in [0.5, 0.6) is 0 Å². The molecule has 1 saturated heterocycles. The van der Waals surface area contributed by atoms with Crippen LogP contribution >= 0.6 is 11.8 Å². The molecule has 2 N–H and O–H groups in total. The van der Waals surface area contributed by atoms with E-state index in [2.05, 4.69) is 34.4 Å². The highest BCUT2D eigenvalue weighted by Crippen LogP contribution is 2.34. The number of carbonyl (C=O) groups is 1. The van der Waals surface area contributed by atoms with Gasteiger partial charge < -0.3 is 15.5 Å². The van der Waals surface area contributed by atoms with Crippen molar-refractivity contribution < 1.29 is 13.2 Å². The van der Waals surface area contributed by atoms with E-state index < -0.39 is 9.84 Å². The highest BCUT2D eigenvalue weighted by molar-refractivity contribution is 8.15. The molecule has 2 aliphatic rings. The molecule has 3 rings (SSSR count). The number of aliphatic imine (C=N–C) groups is 1. The maximum Gasteiger partial charge on any atom is 0.251 e. The Morgan fingerprint density at radius 1 is 1.22 bits per heavy atom. The van der Waals surface area contributed by atoms with Crippen LogP contribution in [0.15, 0.2) is 29.3 Å². The third-order valence-corrected chi connectivity index (χ3v) is 7.97. The molecular weight excluding hydrogens is 384 g/mol. The zero-order valence-corrected chi connectivity index (χ0v) is 17.3. The smallest absolute Gasteiger partial charge is 0.251 e. The molecule has 0 saturated carbocycles. The number of carbonyl (C=O) groups excluding carboxylic acids is 1. The largest absolute Gasteiger partial charge is 0.351 e. The predicted octanol–water partition coefficient (Wildman–Crippen LogP) is 1.44. The summed E-state index contributed by atoms with van der Waals surface area (Å²) in [7, 11) is -2.94. The maximum atomic E-state index is 12.2. The Morgan fingerprint density at radius 2 is 1.93 bits per heavy atom. The lowest BCUT2D eigenvalue weighted by molar-refractivity contribution is 0.0949. The van der Waals surface area contributed by atoms with Crippen LogP contribution in [0.3, 0.4) is 0 Å². The molecule has 2 aliphatic heterocycles. The number of nitrogens with one attached hydrogen (secondary N) is 2. The molecular formula is C18H26N4O3S2. The molecule has 148 valence electrons. The van der Waals surface area contributed by atoms with E-state index in [1.54, 1.807) is 12.1 Å². The first-order valence-corrected chi connectivity index (χ1v) is 11.9. The van der Waals surface area contributed by atoms with Crippen LogP contribution in [-0.2, 0) is 9.84 Å². The Hall–Kier alpha value is -1.58.